The molecule has 0 N–H and O–H groups in total. The van der Waals surface area contributed by atoms with E-state index in [1.807, 2.05) is 47.4 Å². The minimum Gasteiger partial charge on any atom is -0.497 e. The van der Waals surface area contributed by atoms with Crippen LogP contribution in [0.5, 0.6) is 11.5 Å². The summed E-state index contributed by atoms with van der Waals surface area (Å²) in [6, 6.07) is 13.6. The van der Waals surface area contributed by atoms with E-state index in [1.165, 1.54) is 0 Å². The number of methoxy groups -OCH3 is 2. The molecule has 0 spiro atoms. The lowest BCUT2D eigenvalue weighted by Gasteiger charge is -2.40. The van der Waals surface area contributed by atoms with Crippen molar-refractivity contribution in [3.8, 4) is 11.5 Å². The highest BCUT2D eigenvalue weighted by Gasteiger charge is 2.36. The van der Waals surface area contributed by atoms with Crippen LogP contribution in [0, 0.1) is 5.92 Å². The summed E-state index contributed by atoms with van der Waals surface area (Å²) in [5.74, 6) is 2.58. The van der Waals surface area contributed by atoms with Crippen molar-refractivity contribution in [1.82, 2.24) is 4.90 Å². The molecule has 1 heterocycles. The molecule has 3 rings (SSSR count). The predicted molar refractivity (Wildman–Crippen MR) is 115 cm³/mol. The zero-order chi connectivity index (χ0) is 20.1. The second kappa shape index (κ2) is 9.57. The summed E-state index contributed by atoms with van der Waals surface area (Å²) in [5.41, 5.74) is 2.09. The Balaban J connectivity index is 1.93. The fourth-order valence-corrected chi connectivity index (χ4v) is 4.61. The van der Waals surface area contributed by atoms with Crippen molar-refractivity contribution in [2.24, 2.45) is 5.92 Å². The minimum atomic E-state index is 0.0367. The van der Waals surface area contributed by atoms with Gasteiger partial charge in [0.25, 0.3) is 0 Å². The van der Waals surface area contributed by atoms with E-state index in [2.05, 4.69) is 6.26 Å². The third-order valence-corrected chi connectivity index (χ3v) is 6.24. The van der Waals surface area contributed by atoms with Gasteiger partial charge in [-0.2, -0.15) is 11.8 Å². The fourth-order valence-electron chi connectivity index (χ4n) is 3.77. The molecule has 0 aliphatic carbocycles. The number of ether oxygens (including phenoxy) is 2. The van der Waals surface area contributed by atoms with Gasteiger partial charge in [0.05, 0.1) is 20.3 Å². The average Bonchev–Trinajstić information content (AvgIpc) is 2.72. The van der Waals surface area contributed by atoms with Crippen molar-refractivity contribution >= 4 is 29.3 Å². The third-order valence-electron chi connectivity index (χ3n) is 5.25. The van der Waals surface area contributed by atoms with Gasteiger partial charge in [0.15, 0.2) is 0 Å². The first kappa shape index (κ1) is 20.9. The van der Waals surface area contributed by atoms with E-state index >= 15 is 0 Å². The Kier molecular flexibility index (Phi) is 7.13. The van der Waals surface area contributed by atoms with Crippen LogP contribution in [0.2, 0.25) is 5.02 Å². The summed E-state index contributed by atoms with van der Waals surface area (Å²) < 4.78 is 10.9. The normalized spacial score (nSPS) is 19.6. The number of carbonyl (C=O) groups is 1. The minimum absolute atomic E-state index is 0.0367. The monoisotopic (exact) mass is 419 g/mol. The summed E-state index contributed by atoms with van der Waals surface area (Å²) in [6.45, 7) is 0.504. The first-order valence-electron chi connectivity index (χ1n) is 9.33. The molecule has 0 saturated carbocycles. The van der Waals surface area contributed by atoms with E-state index in [0.29, 0.717) is 11.6 Å². The van der Waals surface area contributed by atoms with E-state index in [0.717, 1.165) is 41.2 Å². The summed E-state index contributed by atoms with van der Waals surface area (Å²) in [7, 11) is 3.27. The van der Waals surface area contributed by atoms with Crippen LogP contribution in [-0.2, 0) is 11.3 Å². The van der Waals surface area contributed by atoms with E-state index in [1.54, 1.807) is 26.0 Å². The number of amides is 1. The summed E-state index contributed by atoms with van der Waals surface area (Å²) in [6.07, 6.45) is 3.90. The fraction of sp³-hybridized carbons (Fsp3) is 0.409. The first-order chi connectivity index (χ1) is 13.6. The van der Waals surface area contributed by atoms with Gasteiger partial charge in [0.1, 0.15) is 11.5 Å². The molecule has 1 saturated heterocycles. The van der Waals surface area contributed by atoms with Crippen LogP contribution in [0.4, 0.5) is 0 Å². The number of hydrogen-bond donors (Lipinski definition) is 0. The molecule has 2 unspecified atom stereocenters. The van der Waals surface area contributed by atoms with Crippen molar-refractivity contribution in [3.05, 3.63) is 58.6 Å². The maximum Gasteiger partial charge on any atom is 0.227 e. The van der Waals surface area contributed by atoms with Crippen molar-refractivity contribution in [3.63, 3.8) is 0 Å². The molecule has 28 heavy (non-hydrogen) atoms. The molecule has 2 aromatic carbocycles. The number of halogens is 1. The molecule has 4 nitrogen and oxygen atoms in total. The molecule has 2 atom stereocenters. The van der Waals surface area contributed by atoms with Crippen LogP contribution in [0.1, 0.15) is 30.0 Å². The SMILES string of the molecule is COc1ccc(CN2C(=O)C(CSC)CCC2c2ccc(Cl)cc2)c(OC)c1. The van der Waals surface area contributed by atoms with Crippen LogP contribution < -0.4 is 9.47 Å². The number of rotatable bonds is 7. The molecular weight excluding hydrogens is 394 g/mol. The highest BCUT2D eigenvalue weighted by atomic mass is 35.5. The number of carbonyl (C=O) groups excluding carboxylic acids is 1. The maximum absolute atomic E-state index is 13.3. The Morgan fingerprint density at radius 1 is 1.11 bits per heavy atom. The van der Waals surface area contributed by atoms with Gasteiger partial charge in [0, 0.05) is 34.9 Å². The third kappa shape index (κ3) is 4.58. The predicted octanol–water partition coefficient (Wildman–Crippen LogP) is 5.20. The molecule has 1 aliphatic heterocycles. The molecule has 6 heteroatoms. The van der Waals surface area contributed by atoms with Gasteiger partial charge in [0.2, 0.25) is 5.91 Å². The summed E-state index contributed by atoms with van der Waals surface area (Å²) >= 11 is 7.79. The molecule has 150 valence electrons. The Morgan fingerprint density at radius 3 is 2.50 bits per heavy atom. The summed E-state index contributed by atoms with van der Waals surface area (Å²) in [4.78, 5) is 15.3. The average molecular weight is 420 g/mol. The van der Waals surface area contributed by atoms with Crippen LogP contribution in [0.25, 0.3) is 0 Å². The van der Waals surface area contributed by atoms with Gasteiger partial charge in [-0.1, -0.05) is 23.7 Å². The molecule has 0 aromatic heterocycles. The maximum atomic E-state index is 13.3. The lowest BCUT2D eigenvalue weighted by atomic mass is 9.88. The number of thioether (sulfide) groups is 1. The quantitative estimate of drug-likeness (QED) is 0.618. The Hall–Kier alpha value is -1.85. The van der Waals surface area contributed by atoms with Crippen LogP contribution >= 0.6 is 23.4 Å². The highest BCUT2D eigenvalue weighted by molar-refractivity contribution is 7.98. The molecule has 2 aromatic rings. The van der Waals surface area contributed by atoms with Gasteiger partial charge in [-0.05, 0) is 48.9 Å². The second-order valence-electron chi connectivity index (χ2n) is 6.94. The number of nitrogens with zero attached hydrogens (tertiary/aromatic N) is 1. The van der Waals surface area contributed by atoms with Crippen molar-refractivity contribution < 1.29 is 14.3 Å². The Morgan fingerprint density at radius 2 is 1.86 bits per heavy atom. The Bertz CT molecular complexity index is 812. The largest absolute Gasteiger partial charge is 0.497 e. The standard InChI is InChI=1S/C22H26ClNO3S/c1-26-19-10-6-16(21(12-19)27-2)13-24-20(15-4-8-18(23)9-5-15)11-7-17(14-28-3)22(24)25/h4-6,8-10,12,17,20H,7,11,13-14H2,1-3H3. The van der Waals surface area contributed by atoms with E-state index in [9.17, 15) is 4.79 Å². The first-order valence-corrected chi connectivity index (χ1v) is 11.1. The van der Waals surface area contributed by atoms with Gasteiger partial charge in [-0.3, -0.25) is 4.79 Å². The molecule has 1 amide bonds. The van der Waals surface area contributed by atoms with Crippen LogP contribution in [-0.4, -0.2) is 37.0 Å². The van der Waals surface area contributed by atoms with Gasteiger partial charge in [-0.15, -0.1) is 0 Å². The molecule has 1 aliphatic rings. The van der Waals surface area contributed by atoms with Crippen LogP contribution in [0.15, 0.2) is 42.5 Å². The lowest BCUT2D eigenvalue weighted by molar-refractivity contribution is -0.142. The van der Waals surface area contributed by atoms with E-state index in [4.69, 9.17) is 21.1 Å². The van der Waals surface area contributed by atoms with Gasteiger partial charge >= 0.3 is 0 Å². The number of likely N-dealkylation sites (tertiary alicyclic amines) is 1. The van der Waals surface area contributed by atoms with Gasteiger partial charge in [-0.25, -0.2) is 0 Å². The molecule has 1 fully saturated rings. The zero-order valence-corrected chi connectivity index (χ0v) is 18.1. The smallest absolute Gasteiger partial charge is 0.227 e. The lowest BCUT2D eigenvalue weighted by Crippen LogP contribution is -2.43. The molecular formula is C22H26ClNO3S. The van der Waals surface area contributed by atoms with E-state index in [-0.39, 0.29) is 17.9 Å². The van der Waals surface area contributed by atoms with Gasteiger partial charge < -0.3 is 14.4 Å². The van der Waals surface area contributed by atoms with Crippen molar-refractivity contribution in [1.29, 1.82) is 0 Å². The molecule has 0 radical (unpaired) electrons. The Labute approximate surface area is 176 Å². The van der Waals surface area contributed by atoms with E-state index < -0.39 is 0 Å². The number of benzene rings is 2. The number of piperidine rings is 1. The summed E-state index contributed by atoms with van der Waals surface area (Å²) in [5, 5.41) is 0.703. The van der Waals surface area contributed by atoms with Crippen LogP contribution in [0.3, 0.4) is 0 Å². The molecule has 0 bridgehead atoms. The zero-order valence-electron chi connectivity index (χ0n) is 16.5. The van der Waals surface area contributed by atoms with Crippen molar-refractivity contribution in [2.75, 3.05) is 26.2 Å². The topological polar surface area (TPSA) is 38.8 Å². The highest BCUT2D eigenvalue weighted by Crippen LogP contribution is 2.38. The second-order valence-corrected chi connectivity index (χ2v) is 8.29. The van der Waals surface area contributed by atoms with Crippen molar-refractivity contribution in [2.45, 2.75) is 25.4 Å². The number of hydrogen-bond acceptors (Lipinski definition) is 4.